The Balaban J connectivity index is 2.26. The highest BCUT2D eigenvalue weighted by molar-refractivity contribution is 5.24. The van der Waals surface area contributed by atoms with Crippen LogP contribution in [0.15, 0.2) is 18.2 Å². The molecule has 1 atom stereocenters. The van der Waals surface area contributed by atoms with E-state index >= 15 is 0 Å². The van der Waals surface area contributed by atoms with Crippen LogP contribution >= 0.6 is 0 Å². The van der Waals surface area contributed by atoms with Gasteiger partial charge in [0, 0.05) is 12.1 Å². The highest BCUT2D eigenvalue weighted by atomic mass is 19.1. The van der Waals surface area contributed by atoms with Crippen molar-refractivity contribution in [3.8, 4) is 0 Å². The van der Waals surface area contributed by atoms with Crippen molar-refractivity contribution in [3.63, 3.8) is 0 Å². The third kappa shape index (κ3) is 2.87. The number of rotatable bonds is 3. The molecule has 1 fully saturated rings. The van der Waals surface area contributed by atoms with Gasteiger partial charge in [0.1, 0.15) is 11.6 Å². The highest BCUT2D eigenvalue weighted by Crippen LogP contribution is 2.27. The Bertz CT molecular complexity index is 367. The summed E-state index contributed by atoms with van der Waals surface area (Å²) < 4.78 is 27.6. The standard InChI is InChI=1S/C14H20F2N2/c15-11-6-5-7-12(16)14(11)13(10-17)18-8-3-1-2-4-9-18/h5-7,13H,1-4,8-10,17H2. The first-order valence-electron chi connectivity index (χ1n) is 6.62. The lowest BCUT2D eigenvalue weighted by atomic mass is 10.0. The van der Waals surface area contributed by atoms with E-state index in [0.29, 0.717) is 0 Å². The van der Waals surface area contributed by atoms with Crippen LogP contribution in [0.5, 0.6) is 0 Å². The second-order valence-electron chi connectivity index (χ2n) is 4.84. The van der Waals surface area contributed by atoms with E-state index in [0.717, 1.165) is 25.9 Å². The molecule has 18 heavy (non-hydrogen) atoms. The first-order valence-corrected chi connectivity index (χ1v) is 6.62. The molecule has 0 aromatic heterocycles. The molecular weight excluding hydrogens is 234 g/mol. The summed E-state index contributed by atoms with van der Waals surface area (Å²) in [5.41, 5.74) is 5.88. The van der Waals surface area contributed by atoms with Crippen LogP contribution in [0.4, 0.5) is 8.78 Å². The molecule has 1 aliphatic rings. The minimum Gasteiger partial charge on any atom is -0.329 e. The predicted octanol–water partition coefficient (Wildman–Crippen LogP) is 2.84. The van der Waals surface area contributed by atoms with Crippen LogP contribution < -0.4 is 5.73 Å². The highest BCUT2D eigenvalue weighted by Gasteiger charge is 2.25. The zero-order valence-corrected chi connectivity index (χ0v) is 10.5. The van der Waals surface area contributed by atoms with Crippen molar-refractivity contribution < 1.29 is 8.78 Å². The Hall–Kier alpha value is -1.00. The molecule has 1 aromatic carbocycles. The summed E-state index contributed by atoms with van der Waals surface area (Å²) in [6.07, 6.45) is 4.53. The molecule has 0 spiro atoms. The molecule has 2 N–H and O–H groups in total. The lowest BCUT2D eigenvalue weighted by molar-refractivity contribution is 0.201. The molecule has 0 aliphatic carbocycles. The van der Waals surface area contributed by atoms with Gasteiger partial charge in [-0.25, -0.2) is 8.78 Å². The normalized spacial score (nSPS) is 19.5. The topological polar surface area (TPSA) is 29.3 Å². The van der Waals surface area contributed by atoms with Gasteiger partial charge in [-0.05, 0) is 38.1 Å². The smallest absolute Gasteiger partial charge is 0.130 e. The summed E-state index contributed by atoms with van der Waals surface area (Å²) >= 11 is 0. The van der Waals surface area contributed by atoms with Gasteiger partial charge < -0.3 is 5.73 Å². The average molecular weight is 254 g/mol. The molecule has 1 saturated heterocycles. The summed E-state index contributed by atoms with van der Waals surface area (Å²) in [5, 5.41) is 0. The van der Waals surface area contributed by atoms with Gasteiger partial charge in [-0.1, -0.05) is 18.9 Å². The van der Waals surface area contributed by atoms with Gasteiger partial charge in [0.05, 0.1) is 6.04 Å². The van der Waals surface area contributed by atoms with Crippen molar-refractivity contribution in [2.45, 2.75) is 31.7 Å². The lowest BCUT2D eigenvalue weighted by Crippen LogP contribution is -2.35. The maximum atomic E-state index is 13.8. The zero-order chi connectivity index (χ0) is 13.0. The third-order valence-corrected chi connectivity index (χ3v) is 3.64. The molecule has 100 valence electrons. The molecule has 2 rings (SSSR count). The van der Waals surface area contributed by atoms with Crippen LogP contribution in [0.25, 0.3) is 0 Å². The molecular formula is C14H20F2N2. The van der Waals surface area contributed by atoms with E-state index in [4.69, 9.17) is 5.73 Å². The van der Waals surface area contributed by atoms with Gasteiger partial charge in [0.25, 0.3) is 0 Å². The van der Waals surface area contributed by atoms with Crippen molar-refractivity contribution >= 4 is 0 Å². The van der Waals surface area contributed by atoms with Gasteiger partial charge in [-0.3, -0.25) is 4.90 Å². The summed E-state index contributed by atoms with van der Waals surface area (Å²) in [6, 6.07) is 3.66. The molecule has 0 bridgehead atoms. The minimum atomic E-state index is -0.491. The fourth-order valence-electron chi connectivity index (χ4n) is 2.69. The fourth-order valence-corrected chi connectivity index (χ4v) is 2.69. The van der Waals surface area contributed by atoms with E-state index in [1.54, 1.807) is 0 Å². The molecule has 1 unspecified atom stereocenters. The van der Waals surface area contributed by atoms with Crippen LogP contribution in [0.3, 0.4) is 0 Å². The van der Waals surface area contributed by atoms with Gasteiger partial charge in [0.15, 0.2) is 0 Å². The van der Waals surface area contributed by atoms with Crippen LogP contribution in [0.2, 0.25) is 0 Å². The van der Waals surface area contributed by atoms with E-state index < -0.39 is 11.6 Å². The second-order valence-corrected chi connectivity index (χ2v) is 4.84. The summed E-state index contributed by atoms with van der Waals surface area (Å²) in [7, 11) is 0. The van der Waals surface area contributed by atoms with E-state index in [2.05, 4.69) is 4.90 Å². The monoisotopic (exact) mass is 254 g/mol. The Labute approximate surface area is 107 Å². The first kappa shape index (κ1) is 13.4. The maximum Gasteiger partial charge on any atom is 0.130 e. The van der Waals surface area contributed by atoms with Crippen LogP contribution in [0, 0.1) is 11.6 Å². The molecule has 1 aromatic rings. The van der Waals surface area contributed by atoms with Gasteiger partial charge in [-0.2, -0.15) is 0 Å². The number of hydrogen-bond acceptors (Lipinski definition) is 2. The van der Waals surface area contributed by atoms with Crippen molar-refractivity contribution in [1.82, 2.24) is 4.90 Å². The molecule has 0 saturated carbocycles. The number of benzene rings is 1. The Morgan fingerprint density at radius 2 is 1.61 bits per heavy atom. The van der Waals surface area contributed by atoms with E-state index in [-0.39, 0.29) is 18.2 Å². The molecule has 1 heterocycles. The lowest BCUT2D eigenvalue weighted by Gasteiger charge is -2.30. The number of nitrogens with two attached hydrogens (primary N) is 1. The molecule has 0 amide bonds. The van der Waals surface area contributed by atoms with E-state index in [9.17, 15) is 8.78 Å². The van der Waals surface area contributed by atoms with Crippen LogP contribution in [0.1, 0.15) is 37.3 Å². The quantitative estimate of drug-likeness (QED) is 0.898. The van der Waals surface area contributed by atoms with Crippen LogP contribution in [-0.4, -0.2) is 24.5 Å². The van der Waals surface area contributed by atoms with Gasteiger partial charge >= 0.3 is 0 Å². The molecule has 1 aliphatic heterocycles. The molecule has 0 radical (unpaired) electrons. The maximum absolute atomic E-state index is 13.8. The fraction of sp³-hybridized carbons (Fsp3) is 0.571. The van der Waals surface area contributed by atoms with Crippen molar-refractivity contribution in [1.29, 1.82) is 0 Å². The van der Waals surface area contributed by atoms with Crippen molar-refractivity contribution in [2.24, 2.45) is 5.73 Å². The summed E-state index contributed by atoms with van der Waals surface area (Å²) in [5.74, 6) is -0.982. The predicted molar refractivity (Wildman–Crippen MR) is 68.2 cm³/mol. The second kappa shape index (κ2) is 6.25. The number of nitrogens with zero attached hydrogens (tertiary/aromatic N) is 1. The van der Waals surface area contributed by atoms with E-state index in [1.165, 1.54) is 31.0 Å². The number of halogens is 2. The Morgan fingerprint density at radius 3 is 2.11 bits per heavy atom. The first-order chi connectivity index (χ1) is 8.74. The zero-order valence-electron chi connectivity index (χ0n) is 10.5. The molecule has 4 heteroatoms. The Morgan fingerprint density at radius 1 is 1.06 bits per heavy atom. The van der Waals surface area contributed by atoms with Crippen LogP contribution in [-0.2, 0) is 0 Å². The average Bonchev–Trinajstić information content (AvgIpc) is 2.63. The van der Waals surface area contributed by atoms with E-state index in [1.807, 2.05) is 0 Å². The largest absolute Gasteiger partial charge is 0.329 e. The number of hydrogen-bond donors (Lipinski definition) is 1. The van der Waals surface area contributed by atoms with Gasteiger partial charge in [0.2, 0.25) is 0 Å². The minimum absolute atomic E-state index is 0.127. The third-order valence-electron chi connectivity index (χ3n) is 3.64. The molecule has 2 nitrogen and oxygen atoms in total. The summed E-state index contributed by atoms with van der Waals surface area (Å²) in [6.45, 7) is 1.99. The van der Waals surface area contributed by atoms with Crippen molar-refractivity contribution in [2.75, 3.05) is 19.6 Å². The number of likely N-dealkylation sites (tertiary alicyclic amines) is 1. The SMILES string of the molecule is NCC(c1c(F)cccc1F)N1CCCCCC1. The van der Waals surface area contributed by atoms with Crippen molar-refractivity contribution in [3.05, 3.63) is 35.4 Å². The Kier molecular flexibility index (Phi) is 4.66. The summed E-state index contributed by atoms with van der Waals surface area (Å²) in [4.78, 5) is 2.12. The van der Waals surface area contributed by atoms with Gasteiger partial charge in [-0.15, -0.1) is 0 Å².